The zero-order chi connectivity index (χ0) is 31.8. The fraction of sp³-hybridized carbons (Fsp3) is 0.333. The fourth-order valence-corrected chi connectivity index (χ4v) is 3.89. The van der Waals surface area contributed by atoms with Crippen LogP contribution in [0.5, 0.6) is 23.0 Å². The average molecular weight is 603 g/mol. The number of hydrogen-bond donors (Lipinski definition) is 0. The Kier molecular flexibility index (Phi) is 13.4. The fourth-order valence-electron chi connectivity index (χ4n) is 3.89. The summed E-state index contributed by atoms with van der Waals surface area (Å²) in [6.07, 6.45) is 7.22. The summed E-state index contributed by atoms with van der Waals surface area (Å²) in [5, 5.41) is 0. The largest absolute Gasteiger partial charge is 0.497 e. The van der Waals surface area contributed by atoms with Crippen LogP contribution < -0.4 is 18.9 Å². The molecule has 0 aliphatic rings. The molecule has 44 heavy (non-hydrogen) atoms. The second-order valence-corrected chi connectivity index (χ2v) is 10.9. The molecule has 0 saturated carbocycles. The summed E-state index contributed by atoms with van der Waals surface area (Å²) < 4.78 is 32.9. The number of carbonyl (C=O) groups is 2. The van der Waals surface area contributed by atoms with E-state index in [9.17, 15) is 9.59 Å². The van der Waals surface area contributed by atoms with Crippen LogP contribution in [0, 0.1) is 0 Å². The number of carbonyl (C=O) groups excluding carboxylic acids is 2. The highest BCUT2D eigenvalue weighted by molar-refractivity contribution is 5.87. The van der Waals surface area contributed by atoms with Crippen LogP contribution in [0.1, 0.15) is 50.3 Å². The highest BCUT2D eigenvalue weighted by Gasteiger charge is 2.17. The molecule has 8 heteroatoms. The lowest BCUT2D eigenvalue weighted by atomic mass is 9.87. The molecule has 0 aliphatic heterocycles. The molecule has 0 unspecified atom stereocenters. The molecule has 0 fully saturated rings. The van der Waals surface area contributed by atoms with Gasteiger partial charge in [-0.1, -0.05) is 51.1 Å². The van der Waals surface area contributed by atoms with Crippen molar-refractivity contribution in [1.29, 1.82) is 0 Å². The zero-order valence-corrected chi connectivity index (χ0v) is 26.2. The van der Waals surface area contributed by atoms with Gasteiger partial charge in [-0.3, -0.25) is 0 Å². The van der Waals surface area contributed by atoms with Crippen molar-refractivity contribution in [3.63, 3.8) is 0 Å². The van der Waals surface area contributed by atoms with Gasteiger partial charge in [0.2, 0.25) is 0 Å². The predicted octanol–water partition coefficient (Wildman–Crippen LogP) is 7.05. The van der Waals surface area contributed by atoms with Crippen molar-refractivity contribution in [3.05, 3.63) is 95.6 Å². The van der Waals surface area contributed by atoms with Gasteiger partial charge in [-0.2, -0.15) is 0 Å². The van der Waals surface area contributed by atoms with Gasteiger partial charge in [0.15, 0.2) is 11.5 Å². The van der Waals surface area contributed by atoms with Gasteiger partial charge >= 0.3 is 11.9 Å². The first-order valence-electron chi connectivity index (χ1n) is 14.6. The van der Waals surface area contributed by atoms with E-state index < -0.39 is 11.9 Å². The molecule has 0 aromatic heterocycles. The van der Waals surface area contributed by atoms with Crippen LogP contribution in [0.4, 0.5) is 0 Å². The molecular weight excluding hydrogens is 560 g/mol. The summed E-state index contributed by atoms with van der Waals surface area (Å²) >= 11 is 0. The molecule has 0 N–H and O–H groups in total. The number of hydrogen-bond acceptors (Lipinski definition) is 8. The van der Waals surface area contributed by atoms with Gasteiger partial charge in [-0.05, 0) is 70.7 Å². The van der Waals surface area contributed by atoms with Crippen molar-refractivity contribution >= 4 is 24.1 Å². The smallest absolute Gasteiger partial charge is 0.330 e. The standard InChI is InChI=1S/C36H42O8/c1-36(2,3)29-14-19-32(41-22-6-24-43-34(37)20-12-27-8-15-30(39-4)16-9-27)33(26-29)42-23-7-25-44-35(38)21-13-28-10-17-31(40-5)18-11-28/h8-21,26H,6-7,22-25H2,1-5H3/b20-12+,21-13+. The summed E-state index contributed by atoms with van der Waals surface area (Å²) in [5.74, 6) is 1.88. The van der Waals surface area contributed by atoms with Crippen LogP contribution in [0.2, 0.25) is 0 Å². The van der Waals surface area contributed by atoms with E-state index in [1.165, 1.54) is 12.2 Å². The molecule has 234 valence electrons. The highest BCUT2D eigenvalue weighted by Crippen LogP contribution is 2.33. The number of ether oxygens (including phenoxy) is 6. The van der Waals surface area contributed by atoms with Crippen molar-refractivity contribution in [1.82, 2.24) is 0 Å². The van der Waals surface area contributed by atoms with Crippen molar-refractivity contribution in [2.75, 3.05) is 40.6 Å². The third-order valence-electron chi connectivity index (χ3n) is 6.45. The second-order valence-electron chi connectivity index (χ2n) is 10.9. The maximum absolute atomic E-state index is 12.1. The first kappa shape index (κ1) is 33.8. The molecule has 8 nitrogen and oxygen atoms in total. The predicted molar refractivity (Wildman–Crippen MR) is 171 cm³/mol. The molecule has 0 aliphatic carbocycles. The number of rotatable bonds is 16. The third kappa shape index (κ3) is 11.9. The monoisotopic (exact) mass is 602 g/mol. The van der Waals surface area contributed by atoms with E-state index in [0.29, 0.717) is 37.6 Å². The SMILES string of the molecule is COc1ccc(/C=C/C(=O)OCCCOc2ccc(C(C)(C)C)cc2OCCCOC(=O)/C=C/c2ccc(OC)cc2)cc1. The average Bonchev–Trinajstić information content (AvgIpc) is 3.02. The van der Waals surface area contributed by atoms with Gasteiger partial charge in [-0.25, -0.2) is 9.59 Å². The summed E-state index contributed by atoms with van der Waals surface area (Å²) in [5.41, 5.74) is 2.78. The van der Waals surface area contributed by atoms with Crippen molar-refractivity contribution in [3.8, 4) is 23.0 Å². The molecule has 0 heterocycles. The van der Waals surface area contributed by atoms with E-state index in [4.69, 9.17) is 28.4 Å². The number of esters is 2. The normalized spacial score (nSPS) is 11.4. The second kappa shape index (κ2) is 17.4. The number of methoxy groups -OCH3 is 2. The van der Waals surface area contributed by atoms with Crippen LogP contribution in [0.3, 0.4) is 0 Å². The molecule has 0 spiro atoms. The first-order chi connectivity index (χ1) is 21.2. The van der Waals surface area contributed by atoms with Crippen molar-refractivity contribution in [2.45, 2.75) is 39.0 Å². The topological polar surface area (TPSA) is 89.5 Å². The summed E-state index contributed by atoms with van der Waals surface area (Å²) in [6, 6.07) is 20.6. The van der Waals surface area contributed by atoms with Crippen LogP contribution in [0.25, 0.3) is 12.2 Å². The Hall–Kier alpha value is -4.72. The lowest BCUT2D eigenvalue weighted by Crippen LogP contribution is -2.13. The molecule has 0 radical (unpaired) electrons. The van der Waals surface area contributed by atoms with E-state index in [1.54, 1.807) is 26.4 Å². The van der Waals surface area contributed by atoms with Gasteiger partial charge in [0, 0.05) is 25.0 Å². The molecule has 0 amide bonds. The Morgan fingerprint density at radius 3 is 1.50 bits per heavy atom. The first-order valence-corrected chi connectivity index (χ1v) is 14.6. The summed E-state index contributed by atoms with van der Waals surface area (Å²) in [6.45, 7) is 7.52. The lowest BCUT2D eigenvalue weighted by Gasteiger charge is -2.21. The summed E-state index contributed by atoms with van der Waals surface area (Å²) in [4.78, 5) is 24.1. The maximum atomic E-state index is 12.1. The van der Waals surface area contributed by atoms with Gasteiger partial charge in [-0.15, -0.1) is 0 Å². The van der Waals surface area contributed by atoms with Crippen LogP contribution in [-0.4, -0.2) is 52.6 Å². The van der Waals surface area contributed by atoms with Crippen molar-refractivity contribution in [2.24, 2.45) is 0 Å². The van der Waals surface area contributed by atoms with Crippen LogP contribution in [-0.2, 0) is 24.5 Å². The third-order valence-corrected chi connectivity index (χ3v) is 6.45. The van der Waals surface area contributed by atoms with Gasteiger partial charge in [0.25, 0.3) is 0 Å². The molecule has 0 saturated heterocycles. The van der Waals surface area contributed by atoms with Gasteiger partial charge in [0.05, 0.1) is 40.6 Å². The number of benzene rings is 3. The Balaban J connectivity index is 1.42. The van der Waals surface area contributed by atoms with E-state index in [0.717, 1.165) is 28.2 Å². The molecule has 3 aromatic carbocycles. The minimum atomic E-state index is -0.420. The van der Waals surface area contributed by atoms with E-state index in [2.05, 4.69) is 20.8 Å². The molecular formula is C36H42O8. The van der Waals surface area contributed by atoms with Gasteiger partial charge < -0.3 is 28.4 Å². The lowest BCUT2D eigenvalue weighted by molar-refractivity contribution is -0.138. The Labute approximate surface area is 260 Å². The maximum Gasteiger partial charge on any atom is 0.330 e. The van der Waals surface area contributed by atoms with Gasteiger partial charge in [0.1, 0.15) is 11.5 Å². The minimum Gasteiger partial charge on any atom is -0.497 e. The Morgan fingerprint density at radius 2 is 1.07 bits per heavy atom. The zero-order valence-electron chi connectivity index (χ0n) is 26.2. The Morgan fingerprint density at radius 1 is 0.614 bits per heavy atom. The Bertz CT molecular complexity index is 1380. The van der Waals surface area contributed by atoms with Crippen molar-refractivity contribution < 1.29 is 38.0 Å². The van der Waals surface area contributed by atoms with E-state index >= 15 is 0 Å². The molecule has 0 atom stereocenters. The van der Waals surface area contributed by atoms with E-state index in [1.807, 2.05) is 66.7 Å². The van der Waals surface area contributed by atoms with E-state index in [-0.39, 0.29) is 18.6 Å². The highest BCUT2D eigenvalue weighted by atomic mass is 16.5. The summed E-state index contributed by atoms with van der Waals surface area (Å²) in [7, 11) is 3.21. The van der Waals surface area contributed by atoms with Crippen LogP contribution in [0.15, 0.2) is 78.9 Å². The molecule has 3 rings (SSSR count). The molecule has 0 bridgehead atoms. The molecule has 3 aromatic rings. The van der Waals surface area contributed by atoms with Crippen LogP contribution >= 0.6 is 0 Å². The minimum absolute atomic E-state index is 0.0735. The quantitative estimate of drug-likeness (QED) is 0.0979.